The average molecular weight is 313 g/mol. The van der Waals surface area contributed by atoms with Gasteiger partial charge >= 0.3 is 0 Å². The van der Waals surface area contributed by atoms with Crippen LogP contribution in [0.15, 0.2) is 18.2 Å². The molecule has 0 aliphatic carbocycles. The lowest BCUT2D eigenvalue weighted by Gasteiger charge is -2.47. The number of piperazine rings is 1. The Kier molecular flexibility index (Phi) is 5.29. The van der Waals surface area contributed by atoms with Crippen molar-refractivity contribution >= 4 is 11.6 Å². The highest BCUT2D eigenvalue weighted by atomic mass is 35.5. The van der Waals surface area contributed by atoms with Crippen molar-refractivity contribution in [2.24, 2.45) is 5.92 Å². The van der Waals surface area contributed by atoms with Crippen LogP contribution in [-0.4, -0.2) is 29.6 Å². The summed E-state index contributed by atoms with van der Waals surface area (Å²) in [4.78, 5) is 2.40. The van der Waals surface area contributed by atoms with E-state index in [1.165, 1.54) is 6.07 Å². The molecule has 0 amide bonds. The average Bonchev–Trinajstić information content (AvgIpc) is 2.41. The fourth-order valence-corrected chi connectivity index (χ4v) is 3.28. The van der Waals surface area contributed by atoms with Crippen molar-refractivity contribution in [2.45, 2.75) is 52.2 Å². The number of hydrogen-bond acceptors (Lipinski definition) is 2. The first-order valence-corrected chi connectivity index (χ1v) is 8.13. The Hall–Kier alpha value is -0.640. The van der Waals surface area contributed by atoms with E-state index in [2.05, 4.69) is 37.9 Å². The van der Waals surface area contributed by atoms with Crippen molar-refractivity contribution in [3.8, 4) is 0 Å². The smallest absolute Gasteiger partial charge is 0.127 e. The van der Waals surface area contributed by atoms with Gasteiger partial charge < -0.3 is 5.32 Å². The lowest BCUT2D eigenvalue weighted by molar-refractivity contribution is 0.0562. The second-order valence-electron chi connectivity index (χ2n) is 6.86. The Morgan fingerprint density at radius 3 is 2.86 bits per heavy atom. The summed E-state index contributed by atoms with van der Waals surface area (Å²) in [7, 11) is 0. The van der Waals surface area contributed by atoms with Crippen molar-refractivity contribution in [3.05, 3.63) is 34.6 Å². The van der Waals surface area contributed by atoms with Crippen LogP contribution < -0.4 is 5.32 Å². The third kappa shape index (κ3) is 4.18. The molecule has 1 aliphatic heterocycles. The topological polar surface area (TPSA) is 15.3 Å². The van der Waals surface area contributed by atoms with Crippen molar-refractivity contribution in [3.63, 3.8) is 0 Å². The van der Waals surface area contributed by atoms with Crippen molar-refractivity contribution in [1.82, 2.24) is 10.2 Å². The van der Waals surface area contributed by atoms with Gasteiger partial charge in [0.05, 0.1) is 0 Å². The second kappa shape index (κ2) is 6.64. The normalized spacial score (nSPS) is 24.0. The van der Waals surface area contributed by atoms with Gasteiger partial charge in [-0.1, -0.05) is 31.9 Å². The largest absolute Gasteiger partial charge is 0.309 e. The molecule has 0 spiro atoms. The summed E-state index contributed by atoms with van der Waals surface area (Å²) >= 11 is 6.02. The molecular weight excluding hydrogens is 287 g/mol. The molecule has 2 nitrogen and oxygen atoms in total. The van der Waals surface area contributed by atoms with Gasteiger partial charge in [0, 0.05) is 41.8 Å². The first-order valence-electron chi connectivity index (χ1n) is 7.75. The van der Waals surface area contributed by atoms with E-state index in [1.807, 2.05) is 0 Å². The van der Waals surface area contributed by atoms with E-state index >= 15 is 0 Å². The molecule has 0 radical (unpaired) electrons. The maximum absolute atomic E-state index is 14.0. The molecule has 1 fully saturated rings. The van der Waals surface area contributed by atoms with Gasteiger partial charge in [-0.05, 0) is 38.0 Å². The standard InChI is InChI=1S/C17H26ClFN2/c1-5-12(2)16-9-20-17(3,4)11-21(16)10-13-8-14(18)6-7-15(13)19/h6-8,12,16,20H,5,9-11H2,1-4H3. The van der Waals surface area contributed by atoms with Gasteiger partial charge in [0.1, 0.15) is 5.82 Å². The van der Waals surface area contributed by atoms with Gasteiger partial charge in [0.15, 0.2) is 0 Å². The number of benzene rings is 1. The Bertz CT molecular complexity index is 490. The van der Waals surface area contributed by atoms with E-state index < -0.39 is 0 Å². The molecule has 0 saturated carbocycles. The van der Waals surface area contributed by atoms with Crippen LogP contribution >= 0.6 is 11.6 Å². The molecule has 1 heterocycles. The van der Waals surface area contributed by atoms with E-state index in [-0.39, 0.29) is 11.4 Å². The van der Waals surface area contributed by atoms with Crippen LogP contribution in [0.2, 0.25) is 5.02 Å². The zero-order valence-electron chi connectivity index (χ0n) is 13.4. The predicted molar refractivity (Wildman–Crippen MR) is 87.1 cm³/mol. The number of halogens is 2. The highest BCUT2D eigenvalue weighted by Gasteiger charge is 2.34. The zero-order chi connectivity index (χ0) is 15.6. The predicted octanol–water partition coefficient (Wildman–Crippen LogP) is 4.08. The molecule has 0 aromatic heterocycles. The summed E-state index contributed by atoms with van der Waals surface area (Å²) in [6.07, 6.45) is 1.13. The van der Waals surface area contributed by atoms with Crippen LogP contribution in [0.1, 0.15) is 39.7 Å². The Balaban J connectivity index is 2.21. The summed E-state index contributed by atoms with van der Waals surface area (Å²) in [6.45, 7) is 11.3. The van der Waals surface area contributed by atoms with E-state index in [0.717, 1.165) is 19.5 Å². The maximum Gasteiger partial charge on any atom is 0.127 e. The van der Waals surface area contributed by atoms with Gasteiger partial charge in [0.2, 0.25) is 0 Å². The summed E-state index contributed by atoms with van der Waals surface area (Å²) in [5.74, 6) is 0.412. The second-order valence-corrected chi connectivity index (χ2v) is 7.29. The van der Waals surface area contributed by atoms with Gasteiger partial charge in [-0.3, -0.25) is 4.90 Å². The van der Waals surface area contributed by atoms with Crippen LogP contribution in [0, 0.1) is 11.7 Å². The Morgan fingerprint density at radius 1 is 1.48 bits per heavy atom. The molecule has 21 heavy (non-hydrogen) atoms. The van der Waals surface area contributed by atoms with Gasteiger partial charge in [-0.25, -0.2) is 4.39 Å². The van der Waals surface area contributed by atoms with Gasteiger partial charge in [-0.2, -0.15) is 0 Å². The van der Waals surface area contributed by atoms with Crippen molar-refractivity contribution in [2.75, 3.05) is 13.1 Å². The SMILES string of the molecule is CCC(C)C1CNC(C)(C)CN1Cc1cc(Cl)ccc1F. The fraction of sp³-hybridized carbons (Fsp3) is 0.647. The molecule has 1 aromatic carbocycles. The fourth-order valence-electron chi connectivity index (χ4n) is 3.08. The van der Waals surface area contributed by atoms with E-state index in [0.29, 0.717) is 29.1 Å². The minimum absolute atomic E-state index is 0.0546. The lowest BCUT2D eigenvalue weighted by Crippen LogP contribution is -2.62. The minimum atomic E-state index is -0.168. The zero-order valence-corrected chi connectivity index (χ0v) is 14.2. The van der Waals surface area contributed by atoms with Crippen LogP contribution in [0.4, 0.5) is 4.39 Å². The molecule has 1 N–H and O–H groups in total. The maximum atomic E-state index is 14.0. The van der Waals surface area contributed by atoms with E-state index in [1.54, 1.807) is 12.1 Å². The molecule has 0 bridgehead atoms. The quantitative estimate of drug-likeness (QED) is 0.901. The third-order valence-electron chi connectivity index (χ3n) is 4.54. The summed E-state index contributed by atoms with van der Waals surface area (Å²) in [5, 5.41) is 4.20. The third-order valence-corrected chi connectivity index (χ3v) is 4.77. The van der Waals surface area contributed by atoms with Crippen molar-refractivity contribution in [1.29, 1.82) is 0 Å². The van der Waals surface area contributed by atoms with Crippen LogP contribution in [0.3, 0.4) is 0 Å². The van der Waals surface area contributed by atoms with Gasteiger partial charge in [0.25, 0.3) is 0 Å². The van der Waals surface area contributed by atoms with Crippen LogP contribution in [-0.2, 0) is 6.54 Å². The lowest BCUT2D eigenvalue weighted by atomic mass is 9.90. The number of nitrogens with one attached hydrogen (secondary N) is 1. The molecular formula is C17H26ClFN2. The first kappa shape index (κ1) is 16.7. The molecule has 2 rings (SSSR count). The molecule has 1 aliphatic rings. The van der Waals surface area contributed by atoms with Crippen LogP contribution in [0.5, 0.6) is 0 Å². The molecule has 118 valence electrons. The molecule has 2 unspecified atom stereocenters. The summed E-state index contributed by atoms with van der Waals surface area (Å²) in [6, 6.07) is 5.25. The molecule has 4 heteroatoms. The monoisotopic (exact) mass is 312 g/mol. The Labute approximate surface area is 132 Å². The van der Waals surface area contributed by atoms with E-state index in [4.69, 9.17) is 11.6 Å². The number of hydrogen-bond donors (Lipinski definition) is 1. The summed E-state index contributed by atoms with van der Waals surface area (Å²) in [5.41, 5.74) is 0.743. The molecule has 1 saturated heterocycles. The highest BCUT2D eigenvalue weighted by Crippen LogP contribution is 2.25. The number of rotatable bonds is 4. The first-order chi connectivity index (χ1) is 9.82. The van der Waals surface area contributed by atoms with Crippen molar-refractivity contribution < 1.29 is 4.39 Å². The summed E-state index contributed by atoms with van der Waals surface area (Å²) < 4.78 is 14.0. The minimum Gasteiger partial charge on any atom is -0.309 e. The highest BCUT2D eigenvalue weighted by molar-refractivity contribution is 6.30. The molecule has 1 aromatic rings. The number of nitrogens with zero attached hydrogens (tertiary/aromatic N) is 1. The molecule has 2 atom stereocenters. The Morgan fingerprint density at radius 2 is 2.19 bits per heavy atom. The van der Waals surface area contributed by atoms with Gasteiger partial charge in [-0.15, -0.1) is 0 Å². The van der Waals surface area contributed by atoms with E-state index in [9.17, 15) is 4.39 Å². The van der Waals surface area contributed by atoms with Crippen LogP contribution in [0.25, 0.3) is 0 Å².